The van der Waals surface area contributed by atoms with Crippen LogP contribution in [0.2, 0.25) is 0 Å². The van der Waals surface area contributed by atoms with E-state index in [9.17, 15) is 4.79 Å². The van der Waals surface area contributed by atoms with Gasteiger partial charge in [0.1, 0.15) is 0 Å². The van der Waals surface area contributed by atoms with Gasteiger partial charge in [-0.15, -0.1) is 0 Å². The van der Waals surface area contributed by atoms with Gasteiger partial charge in [0.15, 0.2) is 0 Å². The van der Waals surface area contributed by atoms with Gasteiger partial charge >= 0.3 is 5.97 Å². The fourth-order valence-corrected chi connectivity index (χ4v) is 1.54. The van der Waals surface area contributed by atoms with Crippen molar-refractivity contribution in [3.8, 4) is 0 Å². The molecule has 0 saturated carbocycles. The quantitative estimate of drug-likeness (QED) is 0.769. The minimum absolute atomic E-state index is 0.113. The summed E-state index contributed by atoms with van der Waals surface area (Å²) >= 11 is 0. The van der Waals surface area contributed by atoms with Gasteiger partial charge in [0.25, 0.3) is 0 Å². The van der Waals surface area contributed by atoms with E-state index in [1.165, 1.54) is 0 Å². The molecular formula is C12H10O2. The van der Waals surface area contributed by atoms with E-state index in [0.29, 0.717) is 5.57 Å². The van der Waals surface area contributed by atoms with E-state index in [0.717, 1.165) is 5.56 Å². The van der Waals surface area contributed by atoms with Gasteiger partial charge < -0.3 is 5.11 Å². The number of hydrogen-bond donors (Lipinski definition) is 1. The summed E-state index contributed by atoms with van der Waals surface area (Å²) in [5.41, 5.74) is 1.50. The smallest absolute Gasteiger partial charge is 0.335 e. The number of carbonyl (C=O) groups is 1. The number of rotatable bonds is 2. The highest BCUT2D eigenvalue weighted by atomic mass is 16.4. The third kappa shape index (κ3) is 1.59. The Balaban J connectivity index is 2.26. The minimum atomic E-state index is -0.861. The van der Waals surface area contributed by atoms with E-state index in [4.69, 9.17) is 5.11 Å². The average molecular weight is 186 g/mol. The van der Waals surface area contributed by atoms with Crippen molar-refractivity contribution in [1.82, 2.24) is 0 Å². The molecule has 2 nitrogen and oxygen atoms in total. The Kier molecular flexibility index (Phi) is 2.19. The predicted octanol–water partition coefficient (Wildman–Crippen LogP) is 2.35. The largest absolute Gasteiger partial charge is 0.478 e. The van der Waals surface area contributed by atoms with Crippen molar-refractivity contribution < 1.29 is 9.90 Å². The first kappa shape index (κ1) is 8.75. The fourth-order valence-electron chi connectivity index (χ4n) is 1.54. The van der Waals surface area contributed by atoms with Crippen LogP contribution in [0.5, 0.6) is 0 Å². The van der Waals surface area contributed by atoms with E-state index >= 15 is 0 Å². The lowest BCUT2D eigenvalue weighted by molar-refractivity contribution is -0.132. The zero-order chi connectivity index (χ0) is 9.97. The van der Waals surface area contributed by atoms with Crippen molar-refractivity contribution in [2.75, 3.05) is 0 Å². The van der Waals surface area contributed by atoms with Crippen LogP contribution in [0.25, 0.3) is 0 Å². The highest BCUT2D eigenvalue weighted by molar-refractivity contribution is 5.91. The van der Waals surface area contributed by atoms with Crippen LogP contribution in [0.4, 0.5) is 0 Å². The van der Waals surface area contributed by atoms with Crippen LogP contribution in [0.1, 0.15) is 11.5 Å². The molecule has 0 spiro atoms. The molecule has 0 radical (unpaired) electrons. The maximum Gasteiger partial charge on any atom is 0.335 e. The summed E-state index contributed by atoms with van der Waals surface area (Å²) in [7, 11) is 0. The van der Waals surface area contributed by atoms with Crippen LogP contribution in [0.15, 0.2) is 54.1 Å². The number of carboxylic acids is 1. The van der Waals surface area contributed by atoms with Gasteiger partial charge in [-0.3, -0.25) is 0 Å². The summed E-state index contributed by atoms with van der Waals surface area (Å²) in [4.78, 5) is 10.7. The maximum atomic E-state index is 10.7. The zero-order valence-corrected chi connectivity index (χ0v) is 7.55. The van der Waals surface area contributed by atoms with Crippen molar-refractivity contribution in [3.63, 3.8) is 0 Å². The van der Waals surface area contributed by atoms with Crippen LogP contribution >= 0.6 is 0 Å². The molecule has 1 unspecified atom stereocenters. The van der Waals surface area contributed by atoms with Crippen molar-refractivity contribution in [3.05, 3.63) is 59.7 Å². The molecule has 1 aliphatic rings. The molecule has 2 rings (SSSR count). The summed E-state index contributed by atoms with van der Waals surface area (Å²) in [5.74, 6) is -0.748. The molecule has 0 saturated heterocycles. The van der Waals surface area contributed by atoms with Gasteiger partial charge in [-0.1, -0.05) is 48.6 Å². The van der Waals surface area contributed by atoms with Crippen LogP contribution < -0.4 is 0 Å². The Bertz CT molecular complexity index is 402. The van der Waals surface area contributed by atoms with Gasteiger partial charge in [-0.2, -0.15) is 0 Å². The molecule has 0 amide bonds. The first-order valence-electron chi connectivity index (χ1n) is 4.45. The first-order valence-corrected chi connectivity index (χ1v) is 4.45. The molecule has 1 N–H and O–H groups in total. The van der Waals surface area contributed by atoms with E-state index in [2.05, 4.69) is 0 Å². The molecule has 0 fully saturated rings. The van der Waals surface area contributed by atoms with E-state index in [-0.39, 0.29) is 5.92 Å². The molecule has 1 aliphatic carbocycles. The molecule has 0 aliphatic heterocycles. The predicted molar refractivity (Wildman–Crippen MR) is 54.0 cm³/mol. The normalized spacial score (nSPS) is 19.4. The van der Waals surface area contributed by atoms with E-state index < -0.39 is 5.97 Å². The van der Waals surface area contributed by atoms with Gasteiger partial charge in [-0.25, -0.2) is 4.79 Å². The molecule has 1 atom stereocenters. The van der Waals surface area contributed by atoms with Crippen molar-refractivity contribution >= 4 is 5.97 Å². The zero-order valence-electron chi connectivity index (χ0n) is 7.55. The molecule has 1 aromatic rings. The van der Waals surface area contributed by atoms with Crippen molar-refractivity contribution in [2.24, 2.45) is 0 Å². The Hall–Kier alpha value is -1.83. The Morgan fingerprint density at radius 1 is 1.21 bits per heavy atom. The van der Waals surface area contributed by atoms with Crippen molar-refractivity contribution in [1.29, 1.82) is 0 Å². The standard InChI is InChI=1S/C12H10O2/c13-12(14)11-7-6-10(8-11)9-4-2-1-3-5-9/h1-8,10H,(H,13,14). The number of hydrogen-bond acceptors (Lipinski definition) is 1. The average Bonchev–Trinajstić information content (AvgIpc) is 2.68. The number of allylic oxidation sites excluding steroid dienone is 2. The molecule has 2 heteroatoms. The van der Waals surface area contributed by atoms with E-state index in [1.54, 1.807) is 12.2 Å². The minimum Gasteiger partial charge on any atom is -0.478 e. The SMILES string of the molecule is O=C(O)C1=CC(c2ccccc2)C=C1. The molecule has 0 aromatic heterocycles. The number of benzene rings is 1. The Labute approximate surface area is 82.2 Å². The summed E-state index contributed by atoms with van der Waals surface area (Å²) in [6, 6.07) is 9.85. The lowest BCUT2D eigenvalue weighted by atomic mass is 10.0. The fraction of sp³-hybridized carbons (Fsp3) is 0.0833. The monoisotopic (exact) mass is 186 g/mol. The van der Waals surface area contributed by atoms with Crippen LogP contribution in [0.3, 0.4) is 0 Å². The molecule has 70 valence electrons. The highest BCUT2D eigenvalue weighted by Crippen LogP contribution is 2.26. The van der Waals surface area contributed by atoms with Crippen LogP contribution in [-0.2, 0) is 4.79 Å². The third-order valence-electron chi connectivity index (χ3n) is 2.27. The topological polar surface area (TPSA) is 37.3 Å². The Morgan fingerprint density at radius 3 is 2.50 bits per heavy atom. The summed E-state index contributed by atoms with van der Waals surface area (Å²) in [6.45, 7) is 0. The maximum absolute atomic E-state index is 10.7. The summed E-state index contributed by atoms with van der Waals surface area (Å²) in [5, 5.41) is 8.76. The van der Waals surface area contributed by atoms with Gasteiger partial charge in [0.05, 0.1) is 5.57 Å². The molecule has 0 bridgehead atoms. The molecule has 14 heavy (non-hydrogen) atoms. The summed E-state index contributed by atoms with van der Waals surface area (Å²) < 4.78 is 0. The molecular weight excluding hydrogens is 176 g/mol. The van der Waals surface area contributed by atoms with Gasteiger partial charge in [0, 0.05) is 5.92 Å². The van der Waals surface area contributed by atoms with Gasteiger partial charge in [0.2, 0.25) is 0 Å². The lowest BCUT2D eigenvalue weighted by Gasteiger charge is -2.03. The second-order valence-electron chi connectivity index (χ2n) is 3.22. The number of carboxylic acid groups (broad SMARTS) is 1. The number of aliphatic carboxylic acids is 1. The van der Waals surface area contributed by atoms with Crippen molar-refractivity contribution in [2.45, 2.75) is 5.92 Å². The lowest BCUT2D eigenvalue weighted by Crippen LogP contribution is -1.95. The Morgan fingerprint density at radius 2 is 1.93 bits per heavy atom. The first-order chi connectivity index (χ1) is 6.77. The second-order valence-corrected chi connectivity index (χ2v) is 3.22. The second kappa shape index (κ2) is 3.50. The van der Waals surface area contributed by atoms with Crippen LogP contribution in [-0.4, -0.2) is 11.1 Å². The van der Waals surface area contributed by atoms with E-state index in [1.807, 2.05) is 36.4 Å². The summed E-state index contributed by atoms with van der Waals surface area (Å²) in [6.07, 6.45) is 5.32. The third-order valence-corrected chi connectivity index (χ3v) is 2.27. The molecule has 1 aromatic carbocycles. The van der Waals surface area contributed by atoms with Crippen LogP contribution in [0, 0.1) is 0 Å². The highest BCUT2D eigenvalue weighted by Gasteiger charge is 2.14. The van der Waals surface area contributed by atoms with Gasteiger partial charge in [-0.05, 0) is 5.56 Å². The molecule has 0 heterocycles.